The summed E-state index contributed by atoms with van der Waals surface area (Å²) in [5.74, 6) is 0.258. The van der Waals surface area contributed by atoms with E-state index in [1.54, 1.807) is 28.5 Å². The Kier molecular flexibility index (Phi) is 3.47. The Balaban J connectivity index is 1.71. The van der Waals surface area contributed by atoms with Crippen LogP contribution in [-0.4, -0.2) is 27.3 Å². The fraction of sp³-hybridized carbons (Fsp3) is 0.214. The molecule has 2 aromatic heterocycles. The molecule has 0 bridgehead atoms. The van der Waals surface area contributed by atoms with Gasteiger partial charge in [-0.15, -0.1) is 11.3 Å². The second-order valence-electron chi connectivity index (χ2n) is 4.56. The van der Waals surface area contributed by atoms with Crippen LogP contribution in [0.15, 0.2) is 29.8 Å². The summed E-state index contributed by atoms with van der Waals surface area (Å²) < 4.78 is 0. The first-order chi connectivity index (χ1) is 9.72. The van der Waals surface area contributed by atoms with Crippen LogP contribution < -0.4 is 5.73 Å². The van der Waals surface area contributed by atoms with Gasteiger partial charge in [0.15, 0.2) is 0 Å². The molecule has 5 nitrogen and oxygen atoms in total. The van der Waals surface area contributed by atoms with Crippen LogP contribution in [0.3, 0.4) is 0 Å². The number of hydrogen-bond acceptors (Lipinski definition) is 5. The van der Waals surface area contributed by atoms with Gasteiger partial charge in [0.1, 0.15) is 0 Å². The number of rotatable bonds is 2. The number of thiophene rings is 1. The lowest BCUT2D eigenvalue weighted by molar-refractivity contribution is -0.126. The Hall–Kier alpha value is -2.21. The topological polar surface area (TPSA) is 72.1 Å². The maximum atomic E-state index is 12.2. The number of carbonyl (C=O) groups is 1. The van der Waals surface area contributed by atoms with Crippen LogP contribution >= 0.6 is 11.3 Å². The summed E-state index contributed by atoms with van der Waals surface area (Å²) in [4.78, 5) is 23.2. The molecule has 3 heterocycles. The van der Waals surface area contributed by atoms with Crippen molar-refractivity contribution >= 4 is 29.3 Å². The minimum Gasteiger partial charge on any atom is -0.368 e. The standard InChI is InChI=1S/C14H14N4OS/c15-14-16-8-10-5-6-18(9-12(10)17-14)13(19)4-3-11-2-1-7-20-11/h1-4,7-8H,5-6,9H2,(H2,15,16,17). The molecule has 1 aliphatic heterocycles. The highest BCUT2D eigenvalue weighted by Crippen LogP contribution is 2.17. The van der Waals surface area contributed by atoms with Gasteiger partial charge in [-0.2, -0.15) is 0 Å². The van der Waals surface area contributed by atoms with Crippen LogP contribution in [-0.2, 0) is 17.8 Å². The van der Waals surface area contributed by atoms with Gasteiger partial charge in [0, 0.05) is 23.7 Å². The van der Waals surface area contributed by atoms with E-state index in [4.69, 9.17) is 5.73 Å². The second-order valence-corrected chi connectivity index (χ2v) is 5.54. The van der Waals surface area contributed by atoms with E-state index in [0.29, 0.717) is 13.1 Å². The highest BCUT2D eigenvalue weighted by atomic mass is 32.1. The summed E-state index contributed by atoms with van der Waals surface area (Å²) in [5, 5.41) is 1.99. The molecule has 3 rings (SSSR count). The normalized spacial score (nSPS) is 14.5. The Morgan fingerprint density at radius 1 is 1.50 bits per heavy atom. The van der Waals surface area contributed by atoms with Gasteiger partial charge < -0.3 is 10.6 Å². The number of aromatic nitrogens is 2. The van der Waals surface area contributed by atoms with Crippen molar-refractivity contribution in [2.45, 2.75) is 13.0 Å². The van der Waals surface area contributed by atoms with E-state index in [1.807, 2.05) is 23.6 Å². The van der Waals surface area contributed by atoms with Crippen molar-refractivity contribution in [3.63, 3.8) is 0 Å². The number of carbonyl (C=O) groups excluding carboxylic acids is 1. The summed E-state index contributed by atoms with van der Waals surface area (Å²) in [7, 11) is 0. The van der Waals surface area contributed by atoms with Gasteiger partial charge >= 0.3 is 0 Å². The Morgan fingerprint density at radius 2 is 2.40 bits per heavy atom. The maximum Gasteiger partial charge on any atom is 0.246 e. The van der Waals surface area contributed by atoms with Crippen molar-refractivity contribution in [1.29, 1.82) is 0 Å². The highest BCUT2D eigenvalue weighted by Gasteiger charge is 2.20. The molecule has 20 heavy (non-hydrogen) atoms. The van der Waals surface area contributed by atoms with E-state index >= 15 is 0 Å². The monoisotopic (exact) mass is 286 g/mol. The first kappa shape index (κ1) is 12.8. The lowest BCUT2D eigenvalue weighted by atomic mass is 10.1. The number of fused-ring (bicyclic) bond motifs is 1. The van der Waals surface area contributed by atoms with Crippen LogP contribution in [0.4, 0.5) is 5.95 Å². The van der Waals surface area contributed by atoms with Crippen molar-refractivity contribution in [3.05, 3.63) is 45.9 Å². The smallest absolute Gasteiger partial charge is 0.246 e. The molecule has 2 aromatic rings. The van der Waals surface area contributed by atoms with Gasteiger partial charge in [-0.1, -0.05) is 6.07 Å². The van der Waals surface area contributed by atoms with Gasteiger partial charge in [-0.25, -0.2) is 9.97 Å². The van der Waals surface area contributed by atoms with Gasteiger partial charge in [-0.3, -0.25) is 4.79 Å². The van der Waals surface area contributed by atoms with Gasteiger partial charge in [0.25, 0.3) is 0 Å². The predicted octanol–water partition coefficient (Wildman–Crippen LogP) is 1.72. The average molecular weight is 286 g/mol. The summed E-state index contributed by atoms with van der Waals surface area (Å²) in [6, 6.07) is 3.94. The fourth-order valence-corrected chi connectivity index (χ4v) is 2.77. The first-order valence-electron chi connectivity index (χ1n) is 6.33. The molecule has 1 amide bonds. The van der Waals surface area contributed by atoms with Gasteiger partial charge in [0.2, 0.25) is 11.9 Å². The molecule has 0 aromatic carbocycles. The third kappa shape index (κ3) is 2.70. The molecule has 2 N–H and O–H groups in total. The van der Waals surface area contributed by atoms with Crippen molar-refractivity contribution < 1.29 is 4.79 Å². The van der Waals surface area contributed by atoms with E-state index < -0.39 is 0 Å². The summed E-state index contributed by atoms with van der Waals surface area (Å²) in [5.41, 5.74) is 7.51. The van der Waals surface area contributed by atoms with Crippen LogP contribution in [0.2, 0.25) is 0 Å². The molecule has 102 valence electrons. The summed E-state index contributed by atoms with van der Waals surface area (Å²) in [6.45, 7) is 1.18. The molecule has 0 radical (unpaired) electrons. The maximum absolute atomic E-state index is 12.2. The predicted molar refractivity (Wildman–Crippen MR) is 78.9 cm³/mol. The molecule has 0 unspecified atom stereocenters. The largest absolute Gasteiger partial charge is 0.368 e. The second kappa shape index (κ2) is 5.42. The number of nitrogen functional groups attached to an aromatic ring is 1. The molecule has 0 saturated carbocycles. The van der Waals surface area contributed by atoms with Crippen LogP contribution in [0.5, 0.6) is 0 Å². The van der Waals surface area contributed by atoms with Crippen LogP contribution in [0.1, 0.15) is 16.1 Å². The zero-order chi connectivity index (χ0) is 13.9. The molecule has 0 atom stereocenters. The quantitative estimate of drug-likeness (QED) is 0.853. The number of amides is 1. The highest BCUT2D eigenvalue weighted by molar-refractivity contribution is 7.10. The van der Waals surface area contributed by atoms with E-state index in [2.05, 4.69) is 9.97 Å². The third-order valence-corrected chi connectivity index (χ3v) is 4.05. The molecule has 0 fully saturated rings. The lowest BCUT2D eigenvalue weighted by Crippen LogP contribution is -2.35. The average Bonchev–Trinajstić information content (AvgIpc) is 2.97. The number of hydrogen-bond donors (Lipinski definition) is 1. The van der Waals surface area contributed by atoms with Crippen molar-refractivity contribution in [2.24, 2.45) is 0 Å². The summed E-state index contributed by atoms with van der Waals surface area (Å²) in [6.07, 6.45) is 5.98. The van der Waals surface area contributed by atoms with E-state index in [9.17, 15) is 4.79 Å². The van der Waals surface area contributed by atoms with E-state index in [1.165, 1.54) is 0 Å². The lowest BCUT2D eigenvalue weighted by Gasteiger charge is -2.26. The Labute approximate surface area is 120 Å². The van der Waals surface area contributed by atoms with Gasteiger partial charge in [0.05, 0.1) is 12.2 Å². The van der Waals surface area contributed by atoms with Crippen LogP contribution in [0, 0.1) is 0 Å². The zero-order valence-corrected chi connectivity index (χ0v) is 11.6. The Morgan fingerprint density at radius 3 is 3.20 bits per heavy atom. The van der Waals surface area contributed by atoms with E-state index in [-0.39, 0.29) is 11.9 Å². The molecular formula is C14H14N4OS. The SMILES string of the molecule is Nc1ncc2c(n1)CN(C(=O)C=Cc1cccs1)CC2. The first-order valence-corrected chi connectivity index (χ1v) is 7.21. The van der Waals surface area contributed by atoms with E-state index in [0.717, 1.165) is 22.6 Å². The van der Waals surface area contributed by atoms with Crippen LogP contribution in [0.25, 0.3) is 6.08 Å². The number of nitrogens with zero attached hydrogens (tertiary/aromatic N) is 3. The molecule has 0 aliphatic carbocycles. The third-order valence-electron chi connectivity index (χ3n) is 3.21. The van der Waals surface area contributed by atoms with Gasteiger partial charge in [-0.05, 0) is 29.5 Å². The number of anilines is 1. The van der Waals surface area contributed by atoms with Crippen molar-refractivity contribution in [3.8, 4) is 0 Å². The fourth-order valence-electron chi connectivity index (χ4n) is 2.15. The molecule has 0 saturated heterocycles. The molecular weight excluding hydrogens is 272 g/mol. The zero-order valence-electron chi connectivity index (χ0n) is 10.8. The minimum atomic E-state index is 0.00114. The Bertz CT molecular complexity index is 651. The molecule has 6 heteroatoms. The summed E-state index contributed by atoms with van der Waals surface area (Å²) >= 11 is 1.61. The molecule has 0 spiro atoms. The minimum absolute atomic E-state index is 0.00114. The molecule has 1 aliphatic rings. The number of nitrogens with two attached hydrogens (primary N) is 1. The van der Waals surface area contributed by atoms with Crippen molar-refractivity contribution in [1.82, 2.24) is 14.9 Å². The van der Waals surface area contributed by atoms with Crippen molar-refractivity contribution in [2.75, 3.05) is 12.3 Å².